The standard InChI is InChI=1S/C22H27NO3/c1-14-7-9-19-17(10-14)18(12-22(4,5)26-19)23-21(24)13-25-20-11-15(2)6-8-16(20)3/h6-11,18H,12-13H2,1-5H3,(H,23,24)/t18-/m1/s1. The second-order valence-corrected chi connectivity index (χ2v) is 7.78. The Morgan fingerprint density at radius 3 is 2.62 bits per heavy atom. The minimum atomic E-state index is -0.325. The molecule has 2 aromatic rings. The van der Waals surface area contributed by atoms with Crippen molar-refractivity contribution in [3.8, 4) is 11.5 Å². The van der Waals surface area contributed by atoms with Crippen LogP contribution in [0.5, 0.6) is 11.5 Å². The minimum absolute atomic E-state index is 0.00320. The van der Waals surface area contributed by atoms with Gasteiger partial charge in [0.25, 0.3) is 5.91 Å². The molecule has 0 saturated heterocycles. The Balaban J connectivity index is 1.71. The summed E-state index contributed by atoms with van der Waals surface area (Å²) in [5, 5.41) is 3.12. The molecular formula is C22H27NO3. The number of amides is 1. The van der Waals surface area contributed by atoms with Crippen molar-refractivity contribution in [2.24, 2.45) is 0 Å². The van der Waals surface area contributed by atoms with E-state index < -0.39 is 0 Å². The number of hydrogen-bond donors (Lipinski definition) is 1. The van der Waals surface area contributed by atoms with Gasteiger partial charge >= 0.3 is 0 Å². The van der Waals surface area contributed by atoms with E-state index in [0.717, 1.165) is 40.2 Å². The highest BCUT2D eigenvalue weighted by Crippen LogP contribution is 2.39. The third-order valence-electron chi connectivity index (χ3n) is 4.66. The van der Waals surface area contributed by atoms with Gasteiger partial charge in [-0.15, -0.1) is 0 Å². The molecule has 4 heteroatoms. The van der Waals surface area contributed by atoms with Crippen LogP contribution in [0.4, 0.5) is 0 Å². The van der Waals surface area contributed by atoms with E-state index in [1.807, 2.05) is 65.0 Å². The Morgan fingerprint density at radius 2 is 1.85 bits per heavy atom. The van der Waals surface area contributed by atoms with Crippen LogP contribution in [0.25, 0.3) is 0 Å². The maximum absolute atomic E-state index is 12.5. The molecule has 0 spiro atoms. The van der Waals surface area contributed by atoms with E-state index in [2.05, 4.69) is 11.4 Å². The largest absolute Gasteiger partial charge is 0.487 e. The Bertz CT molecular complexity index is 826. The quantitative estimate of drug-likeness (QED) is 0.886. The summed E-state index contributed by atoms with van der Waals surface area (Å²) in [5.41, 5.74) is 3.99. The molecule has 0 saturated carbocycles. The summed E-state index contributed by atoms with van der Waals surface area (Å²) in [6.45, 7) is 10.1. The molecule has 138 valence electrons. The van der Waals surface area contributed by atoms with Gasteiger partial charge in [0.15, 0.2) is 6.61 Å². The molecule has 1 aliphatic heterocycles. The summed E-state index contributed by atoms with van der Waals surface area (Å²) in [6.07, 6.45) is 0.721. The topological polar surface area (TPSA) is 47.6 Å². The summed E-state index contributed by atoms with van der Waals surface area (Å²) < 4.78 is 11.8. The predicted octanol–water partition coefficient (Wildman–Crippen LogP) is 4.41. The summed E-state index contributed by atoms with van der Waals surface area (Å²) in [7, 11) is 0. The number of rotatable bonds is 4. The number of carbonyl (C=O) groups is 1. The minimum Gasteiger partial charge on any atom is -0.487 e. The van der Waals surface area contributed by atoms with E-state index in [9.17, 15) is 4.79 Å². The lowest BCUT2D eigenvalue weighted by Crippen LogP contribution is -2.42. The van der Waals surface area contributed by atoms with Gasteiger partial charge in [-0.05, 0) is 57.9 Å². The Morgan fingerprint density at radius 1 is 1.15 bits per heavy atom. The van der Waals surface area contributed by atoms with Crippen molar-refractivity contribution in [3.63, 3.8) is 0 Å². The van der Waals surface area contributed by atoms with Gasteiger partial charge in [-0.1, -0.05) is 29.8 Å². The van der Waals surface area contributed by atoms with Crippen LogP contribution in [0.15, 0.2) is 36.4 Å². The lowest BCUT2D eigenvalue weighted by Gasteiger charge is -2.38. The number of nitrogens with one attached hydrogen (secondary N) is 1. The molecule has 1 atom stereocenters. The fourth-order valence-electron chi connectivity index (χ4n) is 3.34. The van der Waals surface area contributed by atoms with Crippen molar-refractivity contribution in [2.75, 3.05) is 6.61 Å². The molecule has 0 radical (unpaired) electrons. The van der Waals surface area contributed by atoms with Crippen molar-refractivity contribution in [3.05, 3.63) is 58.7 Å². The lowest BCUT2D eigenvalue weighted by atomic mass is 9.89. The van der Waals surface area contributed by atoms with Crippen LogP contribution in [0.2, 0.25) is 0 Å². The molecule has 0 unspecified atom stereocenters. The molecule has 26 heavy (non-hydrogen) atoms. The fourth-order valence-corrected chi connectivity index (χ4v) is 3.34. The van der Waals surface area contributed by atoms with Crippen LogP contribution in [0, 0.1) is 20.8 Å². The average Bonchev–Trinajstić information content (AvgIpc) is 2.55. The zero-order valence-electron chi connectivity index (χ0n) is 16.2. The van der Waals surface area contributed by atoms with Crippen LogP contribution < -0.4 is 14.8 Å². The summed E-state index contributed by atoms with van der Waals surface area (Å²) in [4.78, 5) is 12.5. The van der Waals surface area contributed by atoms with Crippen molar-refractivity contribution in [2.45, 2.75) is 52.7 Å². The first-order chi connectivity index (χ1) is 12.2. The summed E-state index contributed by atoms with van der Waals surface area (Å²) >= 11 is 0. The second-order valence-electron chi connectivity index (χ2n) is 7.78. The SMILES string of the molecule is Cc1ccc(C)c(OCC(=O)N[C@@H]2CC(C)(C)Oc3ccc(C)cc32)c1. The van der Waals surface area contributed by atoms with E-state index in [1.54, 1.807) is 0 Å². The van der Waals surface area contributed by atoms with Crippen LogP contribution >= 0.6 is 0 Å². The van der Waals surface area contributed by atoms with E-state index in [0.29, 0.717) is 0 Å². The fraction of sp³-hybridized carbons (Fsp3) is 0.409. The van der Waals surface area contributed by atoms with Gasteiger partial charge in [0.05, 0.1) is 6.04 Å². The van der Waals surface area contributed by atoms with Gasteiger partial charge in [0, 0.05) is 12.0 Å². The number of hydrogen-bond acceptors (Lipinski definition) is 3. The molecule has 0 fully saturated rings. The highest BCUT2D eigenvalue weighted by atomic mass is 16.5. The lowest BCUT2D eigenvalue weighted by molar-refractivity contribution is -0.124. The first-order valence-electron chi connectivity index (χ1n) is 9.02. The first-order valence-corrected chi connectivity index (χ1v) is 9.02. The summed E-state index contributed by atoms with van der Waals surface area (Å²) in [6, 6.07) is 12.0. The Labute approximate surface area is 155 Å². The van der Waals surface area contributed by atoms with E-state index in [1.165, 1.54) is 0 Å². The Hall–Kier alpha value is -2.49. The molecule has 0 aromatic heterocycles. The second kappa shape index (κ2) is 7.02. The average molecular weight is 353 g/mol. The maximum Gasteiger partial charge on any atom is 0.258 e. The van der Waals surface area contributed by atoms with Gasteiger partial charge in [0.1, 0.15) is 17.1 Å². The zero-order valence-corrected chi connectivity index (χ0v) is 16.2. The third kappa shape index (κ3) is 4.18. The van der Waals surface area contributed by atoms with Gasteiger partial charge in [-0.25, -0.2) is 0 Å². The number of carbonyl (C=O) groups excluding carboxylic acids is 1. The molecule has 2 aromatic carbocycles. The van der Waals surface area contributed by atoms with Crippen molar-refractivity contribution < 1.29 is 14.3 Å². The highest BCUT2D eigenvalue weighted by Gasteiger charge is 2.34. The zero-order chi connectivity index (χ0) is 18.9. The van der Waals surface area contributed by atoms with Gasteiger partial charge in [0.2, 0.25) is 0 Å². The van der Waals surface area contributed by atoms with Crippen LogP contribution in [0.1, 0.15) is 48.6 Å². The molecule has 3 rings (SSSR count). The van der Waals surface area contributed by atoms with Gasteiger partial charge < -0.3 is 14.8 Å². The highest BCUT2D eigenvalue weighted by molar-refractivity contribution is 5.78. The third-order valence-corrected chi connectivity index (χ3v) is 4.66. The van der Waals surface area contributed by atoms with E-state index in [4.69, 9.17) is 9.47 Å². The molecule has 1 N–H and O–H groups in total. The number of fused-ring (bicyclic) bond motifs is 1. The molecule has 0 bridgehead atoms. The molecule has 1 heterocycles. The number of ether oxygens (including phenoxy) is 2. The van der Waals surface area contributed by atoms with E-state index >= 15 is 0 Å². The first kappa shape index (κ1) is 18.3. The van der Waals surface area contributed by atoms with Crippen molar-refractivity contribution in [1.82, 2.24) is 5.32 Å². The molecule has 0 aliphatic carbocycles. The van der Waals surface area contributed by atoms with Gasteiger partial charge in [-0.2, -0.15) is 0 Å². The molecule has 1 amide bonds. The van der Waals surface area contributed by atoms with Gasteiger partial charge in [-0.3, -0.25) is 4.79 Å². The van der Waals surface area contributed by atoms with Crippen molar-refractivity contribution in [1.29, 1.82) is 0 Å². The Kier molecular flexibility index (Phi) is 4.94. The normalized spacial score (nSPS) is 17.8. The van der Waals surface area contributed by atoms with Crippen LogP contribution in [0.3, 0.4) is 0 Å². The van der Waals surface area contributed by atoms with Crippen molar-refractivity contribution >= 4 is 5.91 Å². The maximum atomic E-state index is 12.5. The molecular weight excluding hydrogens is 326 g/mol. The molecule has 4 nitrogen and oxygen atoms in total. The smallest absolute Gasteiger partial charge is 0.258 e. The predicted molar refractivity (Wildman–Crippen MR) is 103 cm³/mol. The molecule has 1 aliphatic rings. The van der Waals surface area contributed by atoms with Crippen LogP contribution in [-0.2, 0) is 4.79 Å². The van der Waals surface area contributed by atoms with Crippen LogP contribution in [-0.4, -0.2) is 18.1 Å². The van der Waals surface area contributed by atoms with E-state index in [-0.39, 0.29) is 24.2 Å². The number of aryl methyl sites for hydroxylation is 3. The number of benzene rings is 2. The summed E-state index contributed by atoms with van der Waals surface area (Å²) in [5.74, 6) is 1.47. The monoisotopic (exact) mass is 353 g/mol.